The van der Waals surface area contributed by atoms with Crippen LogP contribution in [0.2, 0.25) is 0 Å². The monoisotopic (exact) mass is 577 g/mol. The van der Waals surface area contributed by atoms with Gasteiger partial charge in [-0.15, -0.1) is 0 Å². The number of benzene rings is 3. The van der Waals surface area contributed by atoms with Gasteiger partial charge in [-0.2, -0.15) is 0 Å². The Balaban J connectivity index is 1.73. The highest BCUT2D eigenvalue weighted by Crippen LogP contribution is 2.20. The molecule has 0 fully saturated rings. The minimum atomic E-state index is -1.58. The number of amides is 3. The lowest BCUT2D eigenvalue weighted by Gasteiger charge is -2.28. The number of aliphatic hydroxyl groups is 1. The number of hydrogen-bond donors (Lipinski definition) is 3. The van der Waals surface area contributed by atoms with Crippen LogP contribution in [-0.4, -0.2) is 72.3 Å². The number of carbonyl (C=O) groups excluding carboxylic acids is 4. The molecule has 0 unspecified atom stereocenters. The number of aliphatic hydroxyl groups excluding tert-OH is 1. The van der Waals surface area contributed by atoms with Gasteiger partial charge in [0.2, 0.25) is 5.91 Å². The topological polar surface area (TPSA) is 134 Å². The second kappa shape index (κ2) is 16.1. The molecule has 42 heavy (non-hydrogen) atoms. The Hall–Kier alpha value is -4.44. The van der Waals surface area contributed by atoms with Crippen LogP contribution in [0.3, 0.4) is 0 Å². The minimum absolute atomic E-state index is 0.00409. The van der Waals surface area contributed by atoms with Gasteiger partial charge in [-0.3, -0.25) is 4.79 Å². The fourth-order valence-corrected chi connectivity index (χ4v) is 4.39. The van der Waals surface area contributed by atoms with E-state index in [1.165, 1.54) is 11.8 Å². The van der Waals surface area contributed by atoms with Crippen molar-refractivity contribution in [3.05, 3.63) is 83.9 Å². The molecule has 3 amide bonds. The second-order valence-corrected chi connectivity index (χ2v) is 10.4. The SMILES string of the molecule is CC(=O)NCCOC(=O)[C@H](Cc1cccc2ccccc12)NC(=O)N(CC(C)C)C[C@H](O)C(=O)OCc1ccccc1. The van der Waals surface area contributed by atoms with E-state index in [0.717, 1.165) is 21.9 Å². The van der Waals surface area contributed by atoms with E-state index in [9.17, 15) is 24.3 Å². The number of fused-ring (bicyclic) bond motifs is 1. The second-order valence-electron chi connectivity index (χ2n) is 10.4. The van der Waals surface area contributed by atoms with Crippen molar-refractivity contribution in [2.45, 2.75) is 45.9 Å². The molecule has 3 N–H and O–H groups in total. The molecule has 224 valence electrons. The Kier molecular flexibility index (Phi) is 12.3. The zero-order valence-electron chi connectivity index (χ0n) is 24.2. The fraction of sp³-hybridized carbons (Fsp3) is 0.375. The van der Waals surface area contributed by atoms with Gasteiger partial charge in [0, 0.05) is 19.9 Å². The molecule has 3 rings (SSSR count). The van der Waals surface area contributed by atoms with E-state index >= 15 is 0 Å². The first-order valence-corrected chi connectivity index (χ1v) is 14.0. The molecule has 0 bridgehead atoms. The number of esters is 2. The van der Waals surface area contributed by atoms with Crippen LogP contribution in [0.1, 0.15) is 31.9 Å². The van der Waals surface area contributed by atoms with Crippen molar-refractivity contribution in [1.82, 2.24) is 15.5 Å². The van der Waals surface area contributed by atoms with Crippen LogP contribution in [0.15, 0.2) is 72.8 Å². The minimum Gasteiger partial charge on any atom is -0.462 e. The molecule has 0 heterocycles. The number of rotatable bonds is 14. The molecule has 3 aromatic carbocycles. The highest BCUT2D eigenvalue weighted by Gasteiger charge is 2.29. The molecule has 10 nitrogen and oxygen atoms in total. The molecule has 0 aliphatic rings. The van der Waals surface area contributed by atoms with E-state index in [4.69, 9.17) is 9.47 Å². The molecular formula is C32H39N3O7. The molecule has 0 aliphatic carbocycles. The summed E-state index contributed by atoms with van der Waals surface area (Å²) in [6, 6.07) is 20.8. The summed E-state index contributed by atoms with van der Waals surface area (Å²) >= 11 is 0. The van der Waals surface area contributed by atoms with Gasteiger partial charge in [-0.25, -0.2) is 14.4 Å². The van der Waals surface area contributed by atoms with Crippen LogP contribution in [0, 0.1) is 5.92 Å². The normalized spacial score (nSPS) is 12.3. The van der Waals surface area contributed by atoms with Crippen molar-refractivity contribution >= 4 is 34.6 Å². The zero-order chi connectivity index (χ0) is 30.5. The first kappa shape index (κ1) is 32.1. The van der Waals surface area contributed by atoms with Gasteiger partial charge in [0.1, 0.15) is 19.3 Å². The third-order valence-electron chi connectivity index (χ3n) is 6.37. The number of carbonyl (C=O) groups is 4. The van der Waals surface area contributed by atoms with E-state index in [-0.39, 0.29) is 51.1 Å². The molecule has 0 radical (unpaired) electrons. The summed E-state index contributed by atoms with van der Waals surface area (Å²) in [5.41, 5.74) is 1.60. The van der Waals surface area contributed by atoms with Gasteiger partial charge < -0.3 is 30.1 Å². The Labute approximate surface area is 246 Å². The number of ether oxygens (including phenoxy) is 2. The van der Waals surface area contributed by atoms with Crippen molar-refractivity contribution in [3.63, 3.8) is 0 Å². The predicted octanol–water partition coefficient (Wildman–Crippen LogP) is 3.20. The average molecular weight is 578 g/mol. The van der Waals surface area contributed by atoms with Crippen LogP contribution in [0.5, 0.6) is 0 Å². The number of urea groups is 1. The van der Waals surface area contributed by atoms with Crippen LogP contribution in [0.4, 0.5) is 4.79 Å². The molecule has 2 atom stereocenters. The van der Waals surface area contributed by atoms with Crippen molar-refractivity contribution in [2.24, 2.45) is 5.92 Å². The summed E-state index contributed by atoms with van der Waals surface area (Å²) in [4.78, 5) is 51.6. The maximum absolute atomic E-state index is 13.5. The van der Waals surface area contributed by atoms with E-state index in [1.54, 1.807) is 12.1 Å². The van der Waals surface area contributed by atoms with E-state index in [0.29, 0.717) is 0 Å². The third-order valence-corrected chi connectivity index (χ3v) is 6.37. The number of nitrogens with one attached hydrogen (secondary N) is 2. The lowest BCUT2D eigenvalue weighted by atomic mass is 9.99. The van der Waals surface area contributed by atoms with Crippen LogP contribution < -0.4 is 10.6 Å². The largest absolute Gasteiger partial charge is 0.462 e. The van der Waals surface area contributed by atoms with Crippen LogP contribution >= 0.6 is 0 Å². The van der Waals surface area contributed by atoms with Crippen molar-refractivity contribution in [1.29, 1.82) is 0 Å². The van der Waals surface area contributed by atoms with Crippen molar-refractivity contribution in [2.75, 3.05) is 26.2 Å². The predicted molar refractivity (Wildman–Crippen MR) is 158 cm³/mol. The standard InChI is InChI=1S/C32H39N3O7/c1-22(2)19-35(20-29(37)31(39)42-21-24-10-5-4-6-11-24)32(40)34-28(30(38)41-17-16-33-23(3)36)18-26-14-9-13-25-12-7-8-15-27(25)26/h4-15,22,28-29,37H,16-21H2,1-3H3,(H,33,36)(H,34,40)/t28-,29-/m0/s1. The molecule has 0 aliphatic heterocycles. The van der Waals surface area contributed by atoms with Gasteiger partial charge in [0.15, 0.2) is 6.10 Å². The fourth-order valence-electron chi connectivity index (χ4n) is 4.39. The maximum Gasteiger partial charge on any atom is 0.337 e. The Morgan fingerprint density at radius 3 is 2.26 bits per heavy atom. The van der Waals surface area contributed by atoms with Crippen molar-refractivity contribution in [3.8, 4) is 0 Å². The summed E-state index contributed by atoms with van der Waals surface area (Å²) in [5.74, 6) is -1.78. The first-order valence-electron chi connectivity index (χ1n) is 14.0. The first-order chi connectivity index (χ1) is 20.1. The highest BCUT2D eigenvalue weighted by atomic mass is 16.5. The van der Waals surface area contributed by atoms with Crippen LogP contribution in [0.25, 0.3) is 10.8 Å². The number of hydrogen-bond acceptors (Lipinski definition) is 7. The average Bonchev–Trinajstić information content (AvgIpc) is 2.97. The Morgan fingerprint density at radius 1 is 0.857 bits per heavy atom. The van der Waals surface area contributed by atoms with Crippen LogP contribution in [-0.2, 0) is 36.9 Å². The van der Waals surface area contributed by atoms with Gasteiger partial charge in [0.25, 0.3) is 0 Å². The molecular weight excluding hydrogens is 538 g/mol. The maximum atomic E-state index is 13.5. The van der Waals surface area contributed by atoms with Gasteiger partial charge >= 0.3 is 18.0 Å². The van der Waals surface area contributed by atoms with E-state index in [1.807, 2.05) is 74.5 Å². The highest BCUT2D eigenvalue weighted by molar-refractivity contribution is 5.88. The Morgan fingerprint density at radius 2 is 1.55 bits per heavy atom. The molecule has 0 saturated carbocycles. The quantitative estimate of drug-likeness (QED) is 0.198. The smallest absolute Gasteiger partial charge is 0.337 e. The number of nitrogens with zero attached hydrogens (tertiary/aromatic N) is 1. The summed E-state index contributed by atoms with van der Waals surface area (Å²) in [6.07, 6.45) is -1.44. The molecule has 0 spiro atoms. The third kappa shape index (κ3) is 10.2. The summed E-state index contributed by atoms with van der Waals surface area (Å²) in [6.45, 7) is 5.10. The van der Waals surface area contributed by atoms with E-state index in [2.05, 4.69) is 10.6 Å². The summed E-state index contributed by atoms with van der Waals surface area (Å²) in [7, 11) is 0. The van der Waals surface area contributed by atoms with E-state index < -0.39 is 30.1 Å². The lowest BCUT2D eigenvalue weighted by molar-refractivity contribution is -0.155. The summed E-state index contributed by atoms with van der Waals surface area (Å²) in [5, 5.41) is 17.8. The van der Waals surface area contributed by atoms with Crippen molar-refractivity contribution < 1.29 is 33.8 Å². The summed E-state index contributed by atoms with van der Waals surface area (Å²) < 4.78 is 10.6. The molecule has 0 saturated heterocycles. The molecule has 10 heteroatoms. The lowest BCUT2D eigenvalue weighted by Crippen LogP contribution is -2.52. The molecule has 0 aromatic heterocycles. The van der Waals surface area contributed by atoms with Gasteiger partial charge in [-0.05, 0) is 27.8 Å². The van der Waals surface area contributed by atoms with Gasteiger partial charge in [-0.1, -0.05) is 86.6 Å². The Bertz CT molecular complexity index is 1340. The zero-order valence-corrected chi connectivity index (χ0v) is 24.2. The molecule has 3 aromatic rings. The van der Waals surface area contributed by atoms with Gasteiger partial charge in [0.05, 0.1) is 13.1 Å².